The first-order valence-corrected chi connectivity index (χ1v) is 7.72. The highest BCUT2D eigenvalue weighted by molar-refractivity contribution is 6.32. The van der Waals surface area contributed by atoms with Gasteiger partial charge in [-0.3, -0.25) is 4.79 Å². The molecule has 0 unspecified atom stereocenters. The van der Waals surface area contributed by atoms with E-state index in [1.165, 1.54) is 5.56 Å². The molecule has 4 heteroatoms. The van der Waals surface area contributed by atoms with Crippen molar-refractivity contribution in [2.75, 3.05) is 13.2 Å². The fraction of sp³-hybridized carbons (Fsp3) is 0.278. The van der Waals surface area contributed by atoms with Crippen LogP contribution in [0.15, 0.2) is 48.5 Å². The van der Waals surface area contributed by atoms with Crippen molar-refractivity contribution < 1.29 is 9.53 Å². The van der Waals surface area contributed by atoms with E-state index in [4.69, 9.17) is 16.3 Å². The SMILES string of the molecule is Cc1ccc(Cl)c(OCC(=O)NCCCc2ccccc2)c1. The standard InChI is InChI=1S/C18H20ClNO2/c1-14-9-10-16(19)17(12-14)22-13-18(21)20-11-5-8-15-6-3-2-4-7-15/h2-4,6-7,9-10,12H,5,8,11,13H2,1H3,(H,20,21). The van der Waals surface area contributed by atoms with Gasteiger partial charge in [0.05, 0.1) is 5.02 Å². The van der Waals surface area contributed by atoms with E-state index < -0.39 is 0 Å². The number of benzene rings is 2. The predicted octanol–water partition coefficient (Wildman–Crippen LogP) is 3.78. The van der Waals surface area contributed by atoms with Gasteiger partial charge in [0, 0.05) is 6.54 Å². The van der Waals surface area contributed by atoms with Crippen molar-refractivity contribution in [3.05, 3.63) is 64.7 Å². The molecule has 3 nitrogen and oxygen atoms in total. The van der Waals surface area contributed by atoms with E-state index in [0.29, 0.717) is 17.3 Å². The summed E-state index contributed by atoms with van der Waals surface area (Å²) in [6.45, 7) is 2.57. The van der Waals surface area contributed by atoms with E-state index >= 15 is 0 Å². The molecule has 22 heavy (non-hydrogen) atoms. The summed E-state index contributed by atoms with van der Waals surface area (Å²) in [5.41, 5.74) is 2.32. The fourth-order valence-corrected chi connectivity index (χ4v) is 2.25. The van der Waals surface area contributed by atoms with Gasteiger partial charge in [-0.1, -0.05) is 48.0 Å². The largest absolute Gasteiger partial charge is 0.482 e. The highest BCUT2D eigenvalue weighted by atomic mass is 35.5. The van der Waals surface area contributed by atoms with E-state index in [9.17, 15) is 4.79 Å². The molecule has 1 N–H and O–H groups in total. The molecule has 1 amide bonds. The molecule has 0 aliphatic carbocycles. The maximum Gasteiger partial charge on any atom is 0.257 e. The molecular formula is C18H20ClNO2. The van der Waals surface area contributed by atoms with Crippen LogP contribution < -0.4 is 10.1 Å². The second kappa shape index (κ2) is 8.44. The Morgan fingerprint density at radius 3 is 2.73 bits per heavy atom. The minimum atomic E-state index is -0.134. The maximum atomic E-state index is 11.7. The van der Waals surface area contributed by atoms with Crippen molar-refractivity contribution in [3.8, 4) is 5.75 Å². The Morgan fingerprint density at radius 2 is 1.95 bits per heavy atom. The molecule has 2 rings (SSSR count). The quantitative estimate of drug-likeness (QED) is 0.789. The number of hydrogen-bond donors (Lipinski definition) is 1. The summed E-state index contributed by atoms with van der Waals surface area (Å²) in [7, 11) is 0. The lowest BCUT2D eigenvalue weighted by Crippen LogP contribution is -2.30. The van der Waals surface area contributed by atoms with Gasteiger partial charge in [-0.2, -0.15) is 0 Å². The average Bonchev–Trinajstić information content (AvgIpc) is 2.53. The summed E-state index contributed by atoms with van der Waals surface area (Å²) in [5, 5.41) is 3.37. The van der Waals surface area contributed by atoms with Gasteiger partial charge in [-0.25, -0.2) is 0 Å². The first-order valence-electron chi connectivity index (χ1n) is 7.35. The Kier molecular flexibility index (Phi) is 6.28. The third-order valence-electron chi connectivity index (χ3n) is 3.25. The summed E-state index contributed by atoms with van der Waals surface area (Å²) in [5.74, 6) is 0.409. The molecule has 0 bridgehead atoms. The second-order valence-electron chi connectivity index (χ2n) is 5.16. The molecule has 2 aromatic rings. The van der Waals surface area contributed by atoms with Crippen LogP contribution in [0.5, 0.6) is 5.75 Å². The lowest BCUT2D eigenvalue weighted by Gasteiger charge is -2.09. The van der Waals surface area contributed by atoms with Crippen molar-refractivity contribution >= 4 is 17.5 Å². The summed E-state index contributed by atoms with van der Waals surface area (Å²) < 4.78 is 5.45. The number of carbonyl (C=O) groups is 1. The van der Waals surface area contributed by atoms with Gasteiger partial charge < -0.3 is 10.1 Å². The van der Waals surface area contributed by atoms with Crippen LogP contribution in [0.25, 0.3) is 0 Å². The van der Waals surface area contributed by atoms with E-state index in [1.54, 1.807) is 6.07 Å². The molecule has 0 aromatic heterocycles. The molecule has 0 aliphatic rings. The summed E-state index contributed by atoms with van der Waals surface area (Å²) >= 11 is 6.02. The number of ether oxygens (including phenoxy) is 1. The third kappa shape index (κ3) is 5.41. The van der Waals surface area contributed by atoms with Gasteiger partial charge in [0.25, 0.3) is 5.91 Å². The van der Waals surface area contributed by atoms with Crippen LogP contribution >= 0.6 is 11.6 Å². The zero-order valence-electron chi connectivity index (χ0n) is 12.6. The lowest BCUT2D eigenvalue weighted by atomic mass is 10.1. The summed E-state index contributed by atoms with van der Waals surface area (Å²) in [4.78, 5) is 11.7. The monoisotopic (exact) mass is 317 g/mol. The number of aryl methyl sites for hydroxylation is 2. The van der Waals surface area contributed by atoms with E-state index in [1.807, 2.05) is 37.3 Å². The van der Waals surface area contributed by atoms with Gasteiger partial charge in [0.2, 0.25) is 0 Å². The molecule has 0 saturated carbocycles. The first kappa shape index (κ1) is 16.4. The highest BCUT2D eigenvalue weighted by Crippen LogP contribution is 2.24. The van der Waals surface area contributed by atoms with Crippen molar-refractivity contribution in [3.63, 3.8) is 0 Å². The average molecular weight is 318 g/mol. The zero-order valence-corrected chi connectivity index (χ0v) is 13.4. The van der Waals surface area contributed by atoms with Crippen molar-refractivity contribution in [2.45, 2.75) is 19.8 Å². The van der Waals surface area contributed by atoms with E-state index in [-0.39, 0.29) is 12.5 Å². The Labute approximate surface area is 136 Å². The molecule has 2 aromatic carbocycles. The van der Waals surface area contributed by atoms with Crippen LogP contribution in [-0.2, 0) is 11.2 Å². The van der Waals surface area contributed by atoms with Gasteiger partial charge in [0.1, 0.15) is 5.75 Å². The molecule has 116 valence electrons. The molecule has 0 radical (unpaired) electrons. The van der Waals surface area contributed by atoms with Crippen LogP contribution in [0.3, 0.4) is 0 Å². The predicted molar refractivity (Wildman–Crippen MR) is 89.5 cm³/mol. The summed E-state index contributed by atoms with van der Waals surface area (Å²) in [6, 6.07) is 15.7. The zero-order chi connectivity index (χ0) is 15.8. The smallest absolute Gasteiger partial charge is 0.257 e. The number of nitrogens with one attached hydrogen (secondary N) is 1. The van der Waals surface area contributed by atoms with Crippen LogP contribution in [0, 0.1) is 6.92 Å². The van der Waals surface area contributed by atoms with Crippen molar-refractivity contribution in [1.29, 1.82) is 0 Å². The molecule has 0 aliphatic heterocycles. The normalized spacial score (nSPS) is 10.3. The molecular weight excluding hydrogens is 298 g/mol. The lowest BCUT2D eigenvalue weighted by molar-refractivity contribution is -0.123. The van der Waals surface area contributed by atoms with Crippen LogP contribution in [0.2, 0.25) is 5.02 Å². The van der Waals surface area contributed by atoms with Gasteiger partial charge in [-0.05, 0) is 43.0 Å². The van der Waals surface area contributed by atoms with E-state index in [0.717, 1.165) is 18.4 Å². The minimum Gasteiger partial charge on any atom is -0.482 e. The molecule has 0 spiro atoms. The number of hydrogen-bond acceptors (Lipinski definition) is 2. The van der Waals surface area contributed by atoms with Gasteiger partial charge >= 0.3 is 0 Å². The van der Waals surface area contributed by atoms with Crippen LogP contribution in [-0.4, -0.2) is 19.1 Å². The van der Waals surface area contributed by atoms with Gasteiger partial charge in [-0.15, -0.1) is 0 Å². The van der Waals surface area contributed by atoms with Crippen LogP contribution in [0.4, 0.5) is 0 Å². The molecule has 0 fully saturated rings. The first-order chi connectivity index (χ1) is 10.6. The Hall–Kier alpha value is -2.00. The molecule has 0 heterocycles. The number of halogens is 1. The Bertz CT molecular complexity index is 614. The third-order valence-corrected chi connectivity index (χ3v) is 3.56. The van der Waals surface area contributed by atoms with Crippen molar-refractivity contribution in [1.82, 2.24) is 5.32 Å². The number of rotatable bonds is 7. The van der Waals surface area contributed by atoms with E-state index in [2.05, 4.69) is 17.4 Å². The highest BCUT2D eigenvalue weighted by Gasteiger charge is 2.05. The Morgan fingerprint density at radius 1 is 1.18 bits per heavy atom. The fourth-order valence-electron chi connectivity index (χ4n) is 2.08. The number of amides is 1. The Balaban J connectivity index is 1.67. The van der Waals surface area contributed by atoms with Crippen LogP contribution in [0.1, 0.15) is 17.5 Å². The topological polar surface area (TPSA) is 38.3 Å². The summed E-state index contributed by atoms with van der Waals surface area (Å²) in [6.07, 6.45) is 1.85. The van der Waals surface area contributed by atoms with Crippen molar-refractivity contribution in [2.24, 2.45) is 0 Å². The van der Waals surface area contributed by atoms with Gasteiger partial charge in [0.15, 0.2) is 6.61 Å². The maximum absolute atomic E-state index is 11.7. The second-order valence-corrected chi connectivity index (χ2v) is 5.57. The molecule has 0 atom stereocenters. The molecule has 0 saturated heterocycles. The minimum absolute atomic E-state index is 0.0193. The number of carbonyl (C=O) groups excluding carboxylic acids is 1.